The molecule has 15 rings (SSSR count). The van der Waals surface area contributed by atoms with Gasteiger partial charge in [0, 0.05) is 52.5 Å². The molecule has 0 radical (unpaired) electrons. The number of ether oxygens (including phenoxy) is 2. The third-order valence-electron chi connectivity index (χ3n) is 18.1. The van der Waals surface area contributed by atoms with E-state index in [4.69, 9.17) is 9.47 Å². The second kappa shape index (κ2) is 23.5. The Labute approximate surface area is 538 Å². The molecular weight excluding hydrogens is 1190 g/mol. The highest BCUT2D eigenvalue weighted by atomic mass is 19.2. The Morgan fingerprint density at radius 3 is 1.03 bits per heavy atom. The predicted molar refractivity (Wildman–Crippen MR) is 360 cm³/mol. The summed E-state index contributed by atoms with van der Waals surface area (Å²) in [6.45, 7) is 7.70. The van der Waals surface area contributed by atoms with Crippen LogP contribution < -0.4 is 14.4 Å². The molecule has 0 amide bonds. The van der Waals surface area contributed by atoms with Gasteiger partial charge >= 0.3 is 0 Å². The molecule has 0 fully saturated rings. The van der Waals surface area contributed by atoms with Crippen molar-refractivity contribution < 1.29 is 40.2 Å². The highest BCUT2D eigenvalue weighted by molar-refractivity contribution is 5.93. The van der Waals surface area contributed by atoms with Crippen molar-refractivity contribution in [3.8, 4) is 67.5 Å². The van der Waals surface area contributed by atoms with Crippen LogP contribution in [0.4, 0.5) is 47.8 Å². The first-order valence-corrected chi connectivity index (χ1v) is 30.4. The van der Waals surface area contributed by atoms with Gasteiger partial charge in [-0.2, -0.15) is 0 Å². The summed E-state index contributed by atoms with van der Waals surface area (Å²) in [4.78, 5) is 1.97. The van der Waals surface area contributed by atoms with Gasteiger partial charge < -0.3 is 14.4 Å². The lowest BCUT2D eigenvalue weighted by Crippen LogP contribution is -2.32. The van der Waals surface area contributed by atoms with Crippen molar-refractivity contribution in [2.45, 2.75) is 10.8 Å². The highest BCUT2D eigenvalue weighted by Gasteiger charge is 2.52. The van der Waals surface area contributed by atoms with Gasteiger partial charge in [0.1, 0.15) is 63.7 Å². The van der Waals surface area contributed by atoms with Gasteiger partial charge in [0.2, 0.25) is 0 Å². The number of hydrogen-bond donors (Lipinski definition) is 0. The van der Waals surface area contributed by atoms with Crippen molar-refractivity contribution in [1.29, 1.82) is 0 Å². The van der Waals surface area contributed by atoms with Gasteiger partial charge in [-0.1, -0.05) is 177 Å². The number of halogens is 7. The number of rotatable bonds is 15. The maximum atomic E-state index is 17.4. The Kier molecular flexibility index (Phi) is 14.6. The van der Waals surface area contributed by atoms with Crippen LogP contribution in [0.1, 0.15) is 55.6 Å². The zero-order valence-corrected chi connectivity index (χ0v) is 50.0. The molecule has 0 heterocycles. The van der Waals surface area contributed by atoms with E-state index in [1.807, 2.05) is 175 Å². The molecule has 2 atom stereocenters. The van der Waals surface area contributed by atoms with Crippen LogP contribution in [0.15, 0.2) is 292 Å². The summed E-state index contributed by atoms with van der Waals surface area (Å²) < 4.78 is 127. The summed E-state index contributed by atoms with van der Waals surface area (Å²) in [5.74, 6) is -4.99. The molecule has 0 saturated heterocycles. The molecule has 0 aromatic heterocycles. The molecule has 13 aromatic rings. The van der Waals surface area contributed by atoms with Crippen molar-refractivity contribution in [3.63, 3.8) is 0 Å². The van der Waals surface area contributed by atoms with E-state index >= 15 is 26.3 Å². The smallest absolute Gasteiger partial charge is 0.133 e. The van der Waals surface area contributed by atoms with Crippen LogP contribution >= 0.6 is 0 Å². The van der Waals surface area contributed by atoms with E-state index in [0.717, 1.165) is 33.4 Å². The Balaban J connectivity index is 0.955. The zero-order valence-electron chi connectivity index (χ0n) is 50.0. The fourth-order valence-corrected chi connectivity index (χ4v) is 14.0. The molecule has 2 aliphatic carbocycles. The minimum atomic E-state index is -1.78. The maximum absolute atomic E-state index is 17.4. The van der Waals surface area contributed by atoms with E-state index in [-0.39, 0.29) is 5.82 Å². The first kappa shape index (κ1) is 58.6. The van der Waals surface area contributed by atoms with Crippen LogP contribution in [-0.2, 0) is 10.8 Å². The summed E-state index contributed by atoms with van der Waals surface area (Å²) in [5.41, 5.74) is 7.95. The van der Waals surface area contributed by atoms with Gasteiger partial charge in [0.05, 0.1) is 10.8 Å². The van der Waals surface area contributed by atoms with Crippen LogP contribution in [0.2, 0.25) is 0 Å². The molecule has 0 bridgehead atoms. The van der Waals surface area contributed by atoms with E-state index in [9.17, 15) is 4.39 Å². The molecule has 0 N–H and O–H groups in total. The molecule has 10 heteroatoms. The predicted octanol–water partition coefficient (Wildman–Crippen LogP) is 23.1. The normalized spacial score (nSPS) is 14.9. The van der Waals surface area contributed by atoms with E-state index in [1.54, 1.807) is 84.9 Å². The zero-order chi connectivity index (χ0) is 64.4. The highest BCUT2D eigenvalue weighted by Crippen LogP contribution is 2.61. The topological polar surface area (TPSA) is 21.7 Å². The molecule has 0 aliphatic heterocycles. The molecule has 3 nitrogen and oxygen atoms in total. The molecule has 2 aliphatic rings. The van der Waals surface area contributed by atoms with E-state index in [0.29, 0.717) is 120 Å². The first-order valence-electron chi connectivity index (χ1n) is 30.4. The third kappa shape index (κ3) is 9.85. The SMILES string of the molecule is C=Cc1ccc(Oc2ccc(C3(c4c(F)cc(F)cc4F)c4ccccc4-c4ccc(N(c5ccc(-c6cccc(-c7ccc(F)cc7)c6)cc5)c5ccc6c(c5)C(c5ccc(Oc7ccc(C=C)cc7)cc5)(c5c(F)cc(F)cc5F)c5ccccc5-6)cc43)cc2)cc1. The maximum Gasteiger partial charge on any atom is 0.133 e. The lowest BCUT2D eigenvalue weighted by molar-refractivity contribution is 0.481. The van der Waals surface area contributed by atoms with Gasteiger partial charge in [-0.05, 0) is 192 Å². The summed E-state index contributed by atoms with van der Waals surface area (Å²) in [5, 5.41) is 0. The quantitative estimate of drug-likeness (QED) is 0.0955. The van der Waals surface area contributed by atoms with Gasteiger partial charge in [-0.15, -0.1) is 0 Å². The standard InChI is InChI=1S/C84H52F7NO2/c1-3-51-16-34-65(35-17-51)93-67-38-24-57(25-39-67)83(81-77(88)45-60(86)46-78(81)89)73-14-7-5-12-69(73)71-42-32-63(49-75(71)83)92(62-30-22-54(23-31-62)56-11-9-10-55(44-56)53-20-28-59(85)29-21-53)64-33-43-72-70-13-6-8-15-74(70)84(76(72)50-64,82-79(90)47-61(87)48-80(82)91)58-26-40-68(41-27-58)94-66-36-18-52(4-2)19-37-66/h3-50H,1-2H2. The average molecular weight is 1240 g/mol. The number of hydrogen-bond acceptors (Lipinski definition) is 3. The summed E-state index contributed by atoms with van der Waals surface area (Å²) in [6.07, 6.45) is 3.45. The van der Waals surface area contributed by atoms with E-state index in [1.165, 1.54) is 12.1 Å². The molecule has 0 spiro atoms. The van der Waals surface area contributed by atoms with Crippen LogP contribution in [0.3, 0.4) is 0 Å². The monoisotopic (exact) mass is 1240 g/mol. The second-order valence-corrected chi connectivity index (χ2v) is 23.3. The fourth-order valence-electron chi connectivity index (χ4n) is 14.0. The molecule has 0 saturated carbocycles. The number of nitrogens with zero attached hydrogens (tertiary/aromatic N) is 1. The van der Waals surface area contributed by atoms with Gasteiger partial charge in [0.25, 0.3) is 0 Å². The van der Waals surface area contributed by atoms with Crippen LogP contribution in [0, 0.1) is 40.7 Å². The van der Waals surface area contributed by atoms with Crippen molar-refractivity contribution in [2.75, 3.05) is 4.90 Å². The number of benzene rings is 13. The van der Waals surface area contributed by atoms with Gasteiger partial charge in [-0.3, -0.25) is 0 Å². The second-order valence-electron chi connectivity index (χ2n) is 23.3. The molecule has 454 valence electrons. The van der Waals surface area contributed by atoms with Gasteiger partial charge in [0.15, 0.2) is 0 Å². The summed E-state index contributed by atoms with van der Waals surface area (Å²) >= 11 is 0. The van der Waals surface area contributed by atoms with Crippen molar-refractivity contribution in [1.82, 2.24) is 0 Å². The van der Waals surface area contributed by atoms with Crippen LogP contribution in [0.25, 0.3) is 56.7 Å². The van der Waals surface area contributed by atoms with Crippen molar-refractivity contribution in [3.05, 3.63) is 389 Å². The number of anilines is 3. The lowest BCUT2D eigenvalue weighted by Gasteiger charge is -2.36. The Morgan fingerprint density at radius 1 is 0.287 bits per heavy atom. The summed E-state index contributed by atoms with van der Waals surface area (Å²) in [7, 11) is 0. The van der Waals surface area contributed by atoms with Gasteiger partial charge in [-0.25, -0.2) is 30.7 Å². The van der Waals surface area contributed by atoms with Crippen LogP contribution in [0.5, 0.6) is 23.0 Å². The van der Waals surface area contributed by atoms with E-state index < -0.39 is 56.9 Å². The Bertz CT molecular complexity index is 4830. The van der Waals surface area contributed by atoms with Crippen molar-refractivity contribution in [2.24, 2.45) is 0 Å². The Hall–Kier alpha value is -11.8. The lowest BCUT2D eigenvalue weighted by atomic mass is 9.67. The minimum Gasteiger partial charge on any atom is -0.457 e. The fraction of sp³-hybridized carbons (Fsp3) is 0.0238. The van der Waals surface area contributed by atoms with Crippen molar-refractivity contribution >= 4 is 29.2 Å². The van der Waals surface area contributed by atoms with Crippen LogP contribution in [-0.4, -0.2) is 0 Å². The largest absolute Gasteiger partial charge is 0.457 e. The summed E-state index contributed by atoms with van der Waals surface area (Å²) in [6, 6.07) is 79.7. The molecule has 2 unspecified atom stereocenters. The first-order chi connectivity index (χ1) is 45.8. The Morgan fingerprint density at radius 2 is 0.638 bits per heavy atom. The van der Waals surface area contributed by atoms with E-state index in [2.05, 4.69) is 13.2 Å². The average Bonchev–Trinajstić information content (AvgIpc) is 1.51. The minimum absolute atomic E-state index is 0.348. The molecule has 94 heavy (non-hydrogen) atoms. The number of fused-ring (bicyclic) bond motifs is 6. The molecular formula is C84H52F7NO2. The molecule has 13 aromatic carbocycles. The third-order valence-corrected chi connectivity index (χ3v) is 18.1.